The second kappa shape index (κ2) is 3.96. The molecule has 0 aliphatic rings. The van der Waals surface area contributed by atoms with Crippen LogP contribution in [0.4, 0.5) is 0 Å². The summed E-state index contributed by atoms with van der Waals surface area (Å²) in [5.41, 5.74) is 7.66. The van der Waals surface area contributed by atoms with Gasteiger partial charge in [0.15, 0.2) is 0 Å². The van der Waals surface area contributed by atoms with Crippen LogP contribution in [0.15, 0.2) is 48.5 Å². The molecule has 0 atom stereocenters. The highest BCUT2D eigenvalue weighted by Gasteiger charge is 2.00. The van der Waals surface area contributed by atoms with Crippen molar-refractivity contribution in [2.75, 3.05) is 0 Å². The molecular weight excluding hydrogens is 186 g/mol. The molecule has 0 saturated heterocycles. The average molecular weight is 196 g/mol. The smallest absolute Gasteiger partial charge is 0.248 e. The van der Waals surface area contributed by atoms with Crippen LogP contribution in [0.25, 0.3) is 11.1 Å². The van der Waals surface area contributed by atoms with Gasteiger partial charge in [0.2, 0.25) is 5.91 Å². The summed E-state index contributed by atoms with van der Waals surface area (Å²) in [4.78, 5) is 10.9. The molecule has 0 fully saturated rings. The molecule has 2 heteroatoms. The number of hydrogen-bond donors (Lipinski definition) is 1. The summed E-state index contributed by atoms with van der Waals surface area (Å²) in [5, 5.41) is 0. The molecule has 2 aromatic carbocycles. The van der Waals surface area contributed by atoms with Crippen molar-refractivity contribution >= 4 is 5.91 Å². The minimum absolute atomic E-state index is 0.425. The summed E-state index contributed by atoms with van der Waals surface area (Å²) in [6.07, 6.45) is 0. The quantitative estimate of drug-likeness (QED) is 0.786. The van der Waals surface area contributed by atoms with Crippen LogP contribution >= 0.6 is 0 Å². The highest BCUT2D eigenvalue weighted by Crippen LogP contribution is 2.18. The van der Waals surface area contributed by atoms with Crippen LogP contribution in [0.3, 0.4) is 0 Å². The molecule has 73 valence electrons. The fraction of sp³-hybridized carbons (Fsp3) is 0. The van der Waals surface area contributed by atoms with Crippen LogP contribution in [0.5, 0.6) is 0 Å². The minimum atomic E-state index is -0.425. The lowest BCUT2D eigenvalue weighted by molar-refractivity contribution is 0.100. The zero-order valence-electron chi connectivity index (χ0n) is 8.10. The van der Waals surface area contributed by atoms with Gasteiger partial charge in [-0.1, -0.05) is 36.4 Å². The maximum absolute atomic E-state index is 10.9. The summed E-state index contributed by atoms with van der Waals surface area (Å²) < 4.78 is 0. The first kappa shape index (κ1) is 9.46. The third-order valence-electron chi connectivity index (χ3n) is 2.18. The van der Waals surface area contributed by atoms with Crippen LogP contribution in [0.2, 0.25) is 0 Å². The Balaban J connectivity index is 2.36. The first-order chi connectivity index (χ1) is 7.27. The van der Waals surface area contributed by atoms with Crippen LogP contribution in [0.1, 0.15) is 10.4 Å². The van der Waals surface area contributed by atoms with Crippen molar-refractivity contribution in [3.05, 3.63) is 60.2 Å². The van der Waals surface area contributed by atoms with Crippen LogP contribution < -0.4 is 5.73 Å². The number of carbonyl (C=O) groups excluding carboxylic acids is 1. The van der Waals surface area contributed by atoms with E-state index in [0.29, 0.717) is 5.56 Å². The highest BCUT2D eigenvalue weighted by molar-refractivity contribution is 5.93. The zero-order valence-corrected chi connectivity index (χ0v) is 8.10. The molecule has 2 aromatic rings. The normalized spacial score (nSPS) is 9.87. The van der Waals surface area contributed by atoms with E-state index in [1.165, 1.54) is 0 Å². The SMILES string of the molecule is NC(=O)c1c[c]c(-c2ccccc2)cc1. The van der Waals surface area contributed by atoms with Crippen molar-refractivity contribution in [3.63, 3.8) is 0 Å². The Hall–Kier alpha value is -2.09. The van der Waals surface area contributed by atoms with Crippen LogP contribution in [-0.2, 0) is 0 Å². The van der Waals surface area contributed by atoms with Crippen molar-refractivity contribution in [1.82, 2.24) is 0 Å². The third kappa shape index (κ3) is 2.05. The number of benzene rings is 2. The first-order valence-electron chi connectivity index (χ1n) is 4.64. The van der Waals surface area contributed by atoms with Crippen LogP contribution in [0, 0.1) is 6.07 Å². The van der Waals surface area contributed by atoms with E-state index in [1.54, 1.807) is 12.1 Å². The Morgan fingerprint density at radius 3 is 2.33 bits per heavy atom. The molecule has 0 unspecified atom stereocenters. The van der Waals surface area contributed by atoms with Gasteiger partial charge in [-0.05, 0) is 29.3 Å². The van der Waals surface area contributed by atoms with E-state index in [1.807, 2.05) is 36.4 Å². The Morgan fingerprint density at radius 2 is 1.80 bits per heavy atom. The molecule has 0 spiro atoms. The van der Waals surface area contributed by atoms with Gasteiger partial charge >= 0.3 is 0 Å². The van der Waals surface area contributed by atoms with Gasteiger partial charge in [-0.2, -0.15) is 0 Å². The van der Waals surface area contributed by atoms with E-state index in [2.05, 4.69) is 6.07 Å². The van der Waals surface area contributed by atoms with E-state index < -0.39 is 5.91 Å². The predicted molar refractivity (Wildman–Crippen MR) is 59.2 cm³/mol. The van der Waals surface area contributed by atoms with Crippen molar-refractivity contribution in [2.24, 2.45) is 5.73 Å². The minimum Gasteiger partial charge on any atom is -0.366 e. The zero-order chi connectivity index (χ0) is 10.7. The maximum atomic E-state index is 10.9. The van der Waals surface area contributed by atoms with E-state index in [9.17, 15) is 4.79 Å². The topological polar surface area (TPSA) is 43.1 Å². The molecule has 2 rings (SSSR count). The van der Waals surface area contributed by atoms with Crippen molar-refractivity contribution < 1.29 is 4.79 Å². The van der Waals surface area contributed by atoms with Crippen molar-refractivity contribution in [3.8, 4) is 11.1 Å². The molecule has 0 bridgehead atoms. The molecule has 0 aliphatic heterocycles. The molecule has 2 nitrogen and oxygen atoms in total. The van der Waals surface area contributed by atoms with Crippen LogP contribution in [-0.4, -0.2) is 5.91 Å². The van der Waals surface area contributed by atoms with E-state index >= 15 is 0 Å². The monoisotopic (exact) mass is 196 g/mol. The largest absolute Gasteiger partial charge is 0.366 e. The number of nitrogens with two attached hydrogens (primary N) is 1. The van der Waals surface area contributed by atoms with Crippen molar-refractivity contribution in [1.29, 1.82) is 0 Å². The maximum Gasteiger partial charge on any atom is 0.248 e. The molecule has 1 radical (unpaired) electrons. The summed E-state index contributed by atoms with van der Waals surface area (Å²) in [5.74, 6) is -0.425. The van der Waals surface area contributed by atoms with Gasteiger partial charge in [0.25, 0.3) is 0 Å². The Kier molecular flexibility index (Phi) is 2.50. The summed E-state index contributed by atoms with van der Waals surface area (Å²) in [7, 11) is 0. The summed E-state index contributed by atoms with van der Waals surface area (Å²) in [6, 6.07) is 18.1. The molecule has 0 aromatic heterocycles. The summed E-state index contributed by atoms with van der Waals surface area (Å²) >= 11 is 0. The van der Waals surface area contributed by atoms with Crippen molar-refractivity contribution in [2.45, 2.75) is 0 Å². The number of rotatable bonds is 2. The highest BCUT2D eigenvalue weighted by atomic mass is 16.1. The van der Waals surface area contributed by atoms with E-state index in [4.69, 9.17) is 5.73 Å². The van der Waals surface area contributed by atoms with Gasteiger partial charge in [-0.3, -0.25) is 4.79 Å². The second-order valence-electron chi connectivity index (χ2n) is 3.22. The van der Waals surface area contributed by atoms with E-state index in [0.717, 1.165) is 11.1 Å². The Bertz CT molecular complexity index is 460. The van der Waals surface area contributed by atoms with Gasteiger partial charge in [0.05, 0.1) is 0 Å². The van der Waals surface area contributed by atoms with Gasteiger partial charge in [-0.25, -0.2) is 0 Å². The Morgan fingerprint density at radius 1 is 1.07 bits per heavy atom. The number of amides is 1. The summed E-state index contributed by atoms with van der Waals surface area (Å²) in [6.45, 7) is 0. The number of hydrogen-bond acceptors (Lipinski definition) is 1. The average Bonchev–Trinajstić information content (AvgIpc) is 2.30. The van der Waals surface area contributed by atoms with Gasteiger partial charge in [0, 0.05) is 5.56 Å². The predicted octanol–water partition coefficient (Wildman–Crippen LogP) is 2.25. The molecule has 2 N–H and O–H groups in total. The van der Waals surface area contributed by atoms with E-state index in [-0.39, 0.29) is 0 Å². The number of carbonyl (C=O) groups is 1. The lowest BCUT2D eigenvalue weighted by atomic mass is 10.0. The third-order valence-corrected chi connectivity index (χ3v) is 2.18. The molecule has 0 aliphatic carbocycles. The fourth-order valence-electron chi connectivity index (χ4n) is 1.38. The fourth-order valence-corrected chi connectivity index (χ4v) is 1.38. The molecule has 1 amide bonds. The van der Waals surface area contributed by atoms with Gasteiger partial charge in [0.1, 0.15) is 0 Å². The molecular formula is C13H10NO. The first-order valence-corrected chi connectivity index (χ1v) is 4.64. The van der Waals surface area contributed by atoms with Gasteiger partial charge in [-0.15, -0.1) is 0 Å². The molecule has 15 heavy (non-hydrogen) atoms. The molecule has 0 saturated carbocycles. The standard InChI is InChI=1S/C13H10NO/c14-13(15)12-8-6-11(7-9-12)10-4-2-1-3-5-10/h1-6,8-9H,(H2,14,15). The lowest BCUT2D eigenvalue weighted by Gasteiger charge is -2.01. The lowest BCUT2D eigenvalue weighted by Crippen LogP contribution is -2.10. The van der Waals surface area contributed by atoms with Gasteiger partial charge < -0.3 is 5.73 Å². The second-order valence-corrected chi connectivity index (χ2v) is 3.22. The molecule has 0 heterocycles. The Labute approximate surface area is 88.4 Å². The number of primary amides is 1.